The molecule has 0 atom stereocenters. The largest absolute Gasteiger partial charge is 0.507 e. The number of alkyl halides is 1. The number of rotatable bonds is 7. The molecule has 19 heavy (non-hydrogen) atoms. The fourth-order valence-electron chi connectivity index (χ4n) is 2.11. The van der Waals surface area contributed by atoms with E-state index in [1.54, 1.807) is 6.07 Å². The van der Waals surface area contributed by atoms with E-state index in [0.29, 0.717) is 12.4 Å². The lowest BCUT2D eigenvalue weighted by Gasteiger charge is -2.10. The zero-order valence-electron chi connectivity index (χ0n) is 10.9. The van der Waals surface area contributed by atoms with Crippen LogP contribution in [-0.4, -0.2) is 17.6 Å². The monoisotopic (exact) mass is 278 g/mol. The second kappa shape index (κ2) is 7.25. The third-order valence-corrected chi connectivity index (χ3v) is 3.41. The second-order valence-corrected chi connectivity index (χ2v) is 4.96. The van der Waals surface area contributed by atoms with Crippen LogP contribution in [0.15, 0.2) is 36.4 Å². The standard InChI is InChI=1S/C16H19ClO2/c17-11-5-1-2-6-12-19-16-10-9-15(18)13-7-3-4-8-14(13)16/h3-4,7-10,18H,1-2,5-6,11-12H2. The lowest BCUT2D eigenvalue weighted by atomic mass is 10.1. The van der Waals surface area contributed by atoms with Gasteiger partial charge in [-0.2, -0.15) is 0 Å². The number of halogens is 1. The zero-order valence-corrected chi connectivity index (χ0v) is 11.7. The van der Waals surface area contributed by atoms with Crippen molar-refractivity contribution in [3.63, 3.8) is 0 Å². The van der Waals surface area contributed by atoms with Crippen molar-refractivity contribution >= 4 is 22.4 Å². The first kappa shape index (κ1) is 14.0. The van der Waals surface area contributed by atoms with Crippen LogP contribution in [0.3, 0.4) is 0 Å². The highest BCUT2D eigenvalue weighted by atomic mass is 35.5. The number of phenolic OH excluding ortho intramolecular Hbond substituents is 1. The summed E-state index contributed by atoms with van der Waals surface area (Å²) in [6.45, 7) is 0.705. The van der Waals surface area contributed by atoms with E-state index >= 15 is 0 Å². The Labute approximate surface area is 119 Å². The second-order valence-electron chi connectivity index (χ2n) is 4.58. The number of phenols is 1. The van der Waals surface area contributed by atoms with Crippen molar-refractivity contribution in [1.29, 1.82) is 0 Å². The van der Waals surface area contributed by atoms with Crippen LogP contribution in [0, 0.1) is 0 Å². The predicted molar refractivity (Wildman–Crippen MR) is 80.3 cm³/mol. The van der Waals surface area contributed by atoms with Crippen LogP contribution in [0.5, 0.6) is 11.5 Å². The maximum absolute atomic E-state index is 9.80. The van der Waals surface area contributed by atoms with Gasteiger partial charge in [0.15, 0.2) is 0 Å². The van der Waals surface area contributed by atoms with Crippen LogP contribution in [0.1, 0.15) is 25.7 Å². The van der Waals surface area contributed by atoms with E-state index in [1.165, 1.54) is 0 Å². The number of hydrogen-bond acceptors (Lipinski definition) is 2. The van der Waals surface area contributed by atoms with Gasteiger partial charge >= 0.3 is 0 Å². The Morgan fingerprint density at radius 3 is 2.42 bits per heavy atom. The lowest BCUT2D eigenvalue weighted by molar-refractivity contribution is 0.308. The summed E-state index contributed by atoms with van der Waals surface area (Å²) < 4.78 is 5.81. The maximum Gasteiger partial charge on any atom is 0.127 e. The zero-order chi connectivity index (χ0) is 13.5. The molecule has 2 rings (SSSR count). The SMILES string of the molecule is Oc1ccc(OCCCCCCCl)c2ccccc12. The number of benzene rings is 2. The molecule has 0 heterocycles. The Morgan fingerprint density at radius 2 is 1.63 bits per heavy atom. The van der Waals surface area contributed by atoms with Gasteiger partial charge in [-0.3, -0.25) is 0 Å². The average Bonchev–Trinajstić information content (AvgIpc) is 2.45. The molecule has 0 aliphatic carbocycles. The van der Waals surface area contributed by atoms with Crippen LogP contribution < -0.4 is 4.74 Å². The van der Waals surface area contributed by atoms with Crippen molar-refractivity contribution < 1.29 is 9.84 Å². The normalized spacial score (nSPS) is 10.8. The molecule has 0 saturated heterocycles. The first-order chi connectivity index (χ1) is 9.33. The van der Waals surface area contributed by atoms with Crippen molar-refractivity contribution in [3.05, 3.63) is 36.4 Å². The van der Waals surface area contributed by atoms with Crippen molar-refractivity contribution in [1.82, 2.24) is 0 Å². The number of fused-ring (bicyclic) bond motifs is 1. The van der Waals surface area contributed by atoms with Crippen LogP contribution in [0.25, 0.3) is 10.8 Å². The summed E-state index contributed by atoms with van der Waals surface area (Å²) in [5.74, 6) is 1.87. The maximum atomic E-state index is 9.80. The molecule has 0 aromatic heterocycles. The highest BCUT2D eigenvalue weighted by Gasteiger charge is 2.05. The van der Waals surface area contributed by atoms with Gasteiger partial charge in [0, 0.05) is 16.7 Å². The fourth-order valence-corrected chi connectivity index (χ4v) is 2.30. The molecule has 2 aromatic carbocycles. The van der Waals surface area contributed by atoms with E-state index in [2.05, 4.69) is 0 Å². The van der Waals surface area contributed by atoms with Crippen LogP contribution >= 0.6 is 11.6 Å². The molecule has 102 valence electrons. The van der Waals surface area contributed by atoms with Gasteiger partial charge in [0.2, 0.25) is 0 Å². The summed E-state index contributed by atoms with van der Waals surface area (Å²) in [6.07, 6.45) is 4.40. The topological polar surface area (TPSA) is 29.5 Å². The molecule has 0 spiro atoms. The quantitative estimate of drug-likeness (QED) is 0.586. The Kier molecular flexibility index (Phi) is 5.34. The summed E-state index contributed by atoms with van der Waals surface area (Å²) in [5.41, 5.74) is 0. The van der Waals surface area contributed by atoms with E-state index in [9.17, 15) is 5.11 Å². The van der Waals surface area contributed by atoms with Gasteiger partial charge < -0.3 is 9.84 Å². The molecule has 3 heteroatoms. The van der Waals surface area contributed by atoms with Gasteiger partial charge in [0.1, 0.15) is 11.5 Å². The third-order valence-electron chi connectivity index (χ3n) is 3.15. The summed E-state index contributed by atoms with van der Waals surface area (Å²) >= 11 is 5.64. The van der Waals surface area contributed by atoms with Crippen LogP contribution in [0.2, 0.25) is 0 Å². The Bertz CT molecular complexity index is 525. The van der Waals surface area contributed by atoms with Gasteiger partial charge in [-0.25, -0.2) is 0 Å². The summed E-state index contributed by atoms with van der Waals surface area (Å²) in [4.78, 5) is 0. The highest BCUT2D eigenvalue weighted by Crippen LogP contribution is 2.32. The van der Waals surface area contributed by atoms with Gasteiger partial charge in [-0.15, -0.1) is 11.6 Å². The van der Waals surface area contributed by atoms with E-state index in [-0.39, 0.29) is 0 Å². The molecule has 2 aromatic rings. The minimum absolute atomic E-state index is 0.296. The molecule has 0 aliphatic heterocycles. The molecule has 0 fully saturated rings. The lowest BCUT2D eigenvalue weighted by Crippen LogP contribution is -1.98. The van der Waals surface area contributed by atoms with Crippen molar-refractivity contribution in [3.8, 4) is 11.5 Å². The third kappa shape index (κ3) is 3.77. The van der Waals surface area contributed by atoms with E-state index in [1.807, 2.05) is 30.3 Å². The first-order valence-electron chi connectivity index (χ1n) is 6.72. The molecule has 0 unspecified atom stereocenters. The first-order valence-corrected chi connectivity index (χ1v) is 7.26. The number of hydrogen-bond donors (Lipinski definition) is 1. The van der Waals surface area contributed by atoms with E-state index in [0.717, 1.165) is 48.1 Å². The molecule has 0 amide bonds. The summed E-state index contributed by atoms with van der Waals surface area (Å²) in [5, 5.41) is 11.6. The Morgan fingerprint density at radius 1 is 0.895 bits per heavy atom. The Hall–Kier alpha value is -1.41. The minimum Gasteiger partial charge on any atom is -0.507 e. The minimum atomic E-state index is 0.296. The molecule has 0 aliphatic rings. The Balaban J connectivity index is 1.96. The van der Waals surface area contributed by atoms with Crippen molar-refractivity contribution in [2.75, 3.05) is 12.5 Å². The molecule has 0 saturated carbocycles. The van der Waals surface area contributed by atoms with E-state index in [4.69, 9.17) is 16.3 Å². The number of ether oxygens (including phenoxy) is 1. The predicted octanol–water partition coefficient (Wildman–Crippen LogP) is 4.72. The number of aromatic hydroxyl groups is 1. The summed E-state index contributed by atoms with van der Waals surface area (Å²) in [7, 11) is 0. The fraction of sp³-hybridized carbons (Fsp3) is 0.375. The van der Waals surface area contributed by atoms with Gasteiger partial charge in [-0.1, -0.05) is 37.1 Å². The molecule has 1 N–H and O–H groups in total. The molecule has 0 radical (unpaired) electrons. The molecule has 0 bridgehead atoms. The molecule has 2 nitrogen and oxygen atoms in total. The van der Waals surface area contributed by atoms with Crippen LogP contribution in [-0.2, 0) is 0 Å². The van der Waals surface area contributed by atoms with Crippen LogP contribution in [0.4, 0.5) is 0 Å². The smallest absolute Gasteiger partial charge is 0.127 e. The highest BCUT2D eigenvalue weighted by molar-refractivity contribution is 6.17. The molecular formula is C16H19ClO2. The van der Waals surface area contributed by atoms with E-state index < -0.39 is 0 Å². The van der Waals surface area contributed by atoms with Crippen molar-refractivity contribution in [2.45, 2.75) is 25.7 Å². The van der Waals surface area contributed by atoms with Crippen molar-refractivity contribution in [2.24, 2.45) is 0 Å². The average molecular weight is 279 g/mol. The van der Waals surface area contributed by atoms with Gasteiger partial charge in [-0.05, 0) is 25.0 Å². The van der Waals surface area contributed by atoms with Gasteiger partial charge in [0.25, 0.3) is 0 Å². The molecular weight excluding hydrogens is 260 g/mol. The van der Waals surface area contributed by atoms with Gasteiger partial charge in [0.05, 0.1) is 6.61 Å². The summed E-state index contributed by atoms with van der Waals surface area (Å²) in [6, 6.07) is 11.3. The number of unbranched alkanes of at least 4 members (excludes halogenated alkanes) is 3.